The van der Waals surface area contributed by atoms with Crippen LogP contribution >= 0.6 is 0 Å². The zero-order valence-electron chi connectivity index (χ0n) is 13.6. The maximum absolute atomic E-state index is 12.4. The average molecular weight is 294 g/mol. The lowest BCUT2D eigenvalue weighted by molar-refractivity contribution is 0.0867. The molecule has 0 bridgehead atoms. The Bertz CT molecular complexity index is 463. The maximum atomic E-state index is 12.4. The predicted molar refractivity (Wildman–Crippen MR) is 83.7 cm³/mol. The molecule has 1 unspecified atom stereocenters. The number of rotatable bonds is 8. The van der Waals surface area contributed by atoms with Gasteiger partial charge in [0.25, 0.3) is 5.91 Å². The number of ether oxygens (including phenoxy) is 1. The minimum atomic E-state index is -0.206. The summed E-state index contributed by atoms with van der Waals surface area (Å²) in [6, 6.07) is -0.0654. The van der Waals surface area contributed by atoms with E-state index in [4.69, 9.17) is 4.74 Å². The van der Waals surface area contributed by atoms with Gasteiger partial charge in [0.05, 0.1) is 18.5 Å². The van der Waals surface area contributed by atoms with Crippen LogP contribution in [0.1, 0.15) is 56.8 Å². The predicted octanol–water partition coefficient (Wildman–Crippen LogP) is 2.19. The van der Waals surface area contributed by atoms with Gasteiger partial charge in [-0.05, 0) is 20.8 Å². The van der Waals surface area contributed by atoms with Crippen molar-refractivity contribution in [3.8, 4) is 0 Å². The quantitative estimate of drug-likeness (QED) is 0.768. The highest BCUT2D eigenvalue weighted by Gasteiger charge is 2.18. The number of amides is 1. The number of aromatic nitrogens is 2. The Balaban J connectivity index is 2.91. The summed E-state index contributed by atoms with van der Waals surface area (Å²) in [7, 11) is 0. The van der Waals surface area contributed by atoms with Crippen LogP contribution in [0.3, 0.4) is 0 Å². The van der Waals surface area contributed by atoms with E-state index < -0.39 is 0 Å². The van der Waals surface area contributed by atoms with Crippen LogP contribution in [-0.4, -0.2) is 41.7 Å². The minimum absolute atomic E-state index is 0.0654. The molecule has 0 aliphatic carbocycles. The fourth-order valence-electron chi connectivity index (χ4n) is 1.79. The van der Waals surface area contributed by atoms with Crippen molar-refractivity contribution in [2.24, 2.45) is 0 Å². The van der Waals surface area contributed by atoms with Crippen LogP contribution in [0.15, 0.2) is 6.20 Å². The van der Waals surface area contributed by atoms with Gasteiger partial charge in [0.15, 0.2) is 5.69 Å². The molecule has 0 aromatic carbocycles. The fraction of sp³-hybridized carbons (Fsp3) is 0.667. The van der Waals surface area contributed by atoms with Crippen molar-refractivity contribution < 1.29 is 9.53 Å². The number of carbonyl (C=O) groups is 1. The summed E-state index contributed by atoms with van der Waals surface area (Å²) in [5, 5.41) is 6.02. The van der Waals surface area contributed by atoms with Gasteiger partial charge < -0.3 is 15.4 Å². The molecule has 1 heterocycles. The molecule has 0 spiro atoms. The van der Waals surface area contributed by atoms with Crippen molar-refractivity contribution >= 4 is 11.6 Å². The van der Waals surface area contributed by atoms with E-state index in [1.807, 2.05) is 34.6 Å². The number of nitrogens with one attached hydrogen (secondary N) is 2. The Hall–Kier alpha value is -1.69. The summed E-state index contributed by atoms with van der Waals surface area (Å²) in [5.74, 6) is 0.634. The monoisotopic (exact) mass is 294 g/mol. The van der Waals surface area contributed by atoms with E-state index in [1.54, 1.807) is 6.20 Å². The van der Waals surface area contributed by atoms with Crippen molar-refractivity contribution in [1.82, 2.24) is 15.3 Å². The number of hydrogen-bond acceptors (Lipinski definition) is 5. The second kappa shape index (κ2) is 8.56. The molecule has 0 aliphatic rings. The van der Waals surface area contributed by atoms with Crippen molar-refractivity contribution in [2.75, 3.05) is 25.1 Å². The van der Waals surface area contributed by atoms with E-state index in [0.717, 1.165) is 0 Å². The van der Waals surface area contributed by atoms with E-state index >= 15 is 0 Å². The highest BCUT2D eigenvalue weighted by Crippen LogP contribution is 2.16. The van der Waals surface area contributed by atoms with Gasteiger partial charge in [0.1, 0.15) is 5.82 Å². The van der Waals surface area contributed by atoms with Gasteiger partial charge in [0.2, 0.25) is 0 Å². The molecule has 0 fully saturated rings. The molecule has 1 aromatic rings. The van der Waals surface area contributed by atoms with Crippen LogP contribution in [-0.2, 0) is 4.74 Å². The highest BCUT2D eigenvalue weighted by atomic mass is 16.5. The fourth-order valence-corrected chi connectivity index (χ4v) is 1.79. The Morgan fingerprint density at radius 1 is 1.33 bits per heavy atom. The van der Waals surface area contributed by atoms with E-state index in [-0.39, 0.29) is 17.9 Å². The Morgan fingerprint density at radius 2 is 2.05 bits per heavy atom. The third-order valence-electron chi connectivity index (χ3n) is 2.86. The molecule has 118 valence electrons. The van der Waals surface area contributed by atoms with Gasteiger partial charge in [-0.2, -0.15) is 0 Å². The van der Waals surface area contributed by atoms with Gasteiger partial charge >= 0.3 is 0 Å². The van der Waals surface area contributed by atoms with Crippen LogP contribution < -0.4 is 10.6 Å². The summed E-state index contributed by atoms with van der Waals surface area (Å²) >= 11 is 0. The van der Waals surface area contributed by atoms with Crippen LogP contribution in [0.4, 0.5) is 5.69 Å². The Labute approximate surface area is 126 Å². The summed E-state index contributed by atoms with van der Waals surface area (Å²) < 4.78 is 5.31. The highest BCUT2D eigenvalue weighted by molar-refractivity contribution is 5.97. The molecule has 0 saturated carbocycles. The van der Waals surface area contributed by atoms with Crippen LogP contribution in [0.25, 0.3) is 0 Å². The molecule has 0 aliphatic heterocycles. The lowest BCUT2D eigenvalue weighted by Gasteiger charge is -2.16. The third kappa shape index (κ3) is 5.30. The van der Waals surface area contributed by atoms with E-state index in [9.17, 15) is 4.79 Å². The minimum Gasteiger partial charge on any atom is -0.382 e. The van der Waals surface area contributed by atoms with Gasteiger partial charge in [-0.3, -0.25) is 4.79 Å². The van der Waals surface area contributed by atoms with E-state index in [0.29, 0.717) is 37.0 Å². The lowest BCUT2D eigenvalue weighted by atomic mass is 10.2. The zero-order chi connectivity index (χ0) is 15.8. The first kappa shape index (κ1) is 17.4. The summed E-state index contributed by atoms with van der Waals surface area (Å²) in [6.45, 7) is 11.6. The molecule has 0 radical (unpaired) electrons. The van der Waals surface area contributed by atoms with Crippen molar-refractivity contribution in [3.63, 3.8) is 0 Å². The molecule has 1 amide bonds. The van der Waals surface area contributed by atoms with Crippen LogP contribution in [0.2, 0.25) is 0 Å². The SMILES string of the molecule is CCNc1cnc(C(C)C)nc1C(=O)NC(C)COCC. The standard InChI is InChI=1S/C15H26N4O2/c1-6-16-12-8-17-14(10(3)4)19-13(12)15(20)18-11(5)9-21-7-2/h8,10-11,16H,6-7,9H2,1-5H3,(H,18,20). The van der Waals surface area contributed by atoms with Crippen molar-refractivity contribution in [2.45, 2.75) is 46.6 Å². The van der Waals surface area contributed by atoms with Crippen LogP contribution in [0.5, 0.6) is 0 Å². The second-order valence-electron chi connectivity index (χ2n) is 5.21. The van der Waals surface area contributed by atoms with Crippen molar-refractivity contribution in [1.29, 1.82) is 0 Å². The molecule has 0 saturated heterocycles. The number of carbonyl (C=O) groups excluding carboxylic acids is 1. The van der Waals surface area contributed by atoms with Gasteiger partial charge in [0, 0.05) is 25.1 Å². The Morgan fingerprint density at radius 3 is 2.62 bits per heavy atom. The number of nitrogens with zero attached hydrogens (tertiary/aromatic N) is 2. The Kier molecular flexibility index (Phi) is 7.08. The van der Waals surface area contributed by atoms with Crippen molar-refractivity contribution in [3.05, 3.63) is 17.7 Å². The maximum Gasteiger partial charge on any atom is 0.272 e. The van der Waals surface area contributed by atoms with Gasteiger partial charge in [-0.15, -0.1) is 0 Å². The number of hydrogen-bond donors (Lipinski definition) is 2. The summed E-state index contributed by atoms with van der Waals surface area (Å²) in [5.41, 5.74) is 1.04. The first-order valence-electron chi connectivity index (χ1n) is 7.48. The van der Waals surface area contributed by atoms with E-state index in [2.05, 4.69) is 20.6 Å². The summed E-state index contributed by atoms with van der Waals surface area (Å²) in [4.78, 5) is 21.1. The molecule has 6 heteroatoms. The summed E-state index contributed by atoms with van der Waals surface area (Å²) in [6.07, 6.45) is 1.67. The first-order valence-corrected chi connectivity index (χ1v) is 7.48. The van der Waals surface area contributed by atoms with E-state index in [1.165, 1.54) is 0 Å². The number of anilines is 1. The molecule has 21 heavy (non-hydrogen) atoms. The molecule has 1 rings (SSSR count). The molecule has 1 atom stereocenters. The topological polar surface area (TPSA) is 76.1 Å². The second-order valence-corrected chi connectivity index (χ2v) is 5.21. The van der Waals surface area contributed by atoms with Crippen LogP contribution in [0, 0.1) is 0 Å². The average Bonchev–Trinajstić information content (AvgIpc) is 2.45. The van der Waals surface area contributed by atoms with Gasteiger partial charge in [-0.1, -0.05) is 13.8 Å². The molecular weight excluding hydrogens is 268 g/mol. The first-order chi connectivity index (χ1) is 9.99. The largest absolute Gasteiger partial charge is 0.382 e. The normalized spacial score (nSPS) is 12.3. The molecule has 2 N–H and O–H groups in total. The molecule has 1 aromatic heterocycles. The zero-order valence-corrected chi connectivity index (χ0v) is 13.6. The molecular formula is C15H26N4O2. The lowest BCUT2D eigenvalue weighted by Crippen LogP contribution is -2.37. The smallest absolute Gasteiger partial charge is 0.272 e. The van der Waals surface area contributed by atoms with Gasteiger partial charge in [-0.25, -0.2) is 9.97 Å². The third-order valence-corrected chi connectivity index (χ3v) is 2.86. The molecule has 6 nitrogen and oxygen atoms in total.